The Morgan fingerprint density at radius 3 is 2.65 bits per heavy atom. The molecule has 0 saturated carbocycles. The summed E-state index contributed by atoms with van der Waals surface area (Å²) in [6, 6.07) is 15.1. The van der Waals surface area contributed by atoms with Gasteiger partial charge in [-0.15, -0.1) is 11.3 Å². The summed E-state index contributed by atoms with van der Waals surface area (Å²) in [4.78, 5) is 17.0. The van der Waals surface area contributed by atoms with Gasteiger partial charge in [-0.3, -0.25) is 4.79 Å². The summed E-state index contributed by atoms with van der Waals surface area (Å²) in [5.41, 5.74) is 1.81. The molecule has 0 aliphatic carbocycles. The molecule has 0 atom stereocenters. The van der Waals surface area contributed by atoms with Crippen LogP contribution in [0.3, 0.4) is 0 Å². The van der Waals surface area contributed by atoms with Gasteiger partial charge in [0, 0.05) is 10.9 Å². The molecule has 0 spiro atoms. The topological polar surface area (TPSA) is 73.6 Å². The van der Waals surface area contributed by atoms with E-state index in [-0.39, 0.29) is 18.3 Å². The van der Waals surface area contributed by atoms with Crippen LogP contribution in [-0.2, 0) is 6.54 Å². The van der Waals surface area contributed by atoms with Crippen LogP contribution in [0.15, 0.2) is 64.4 Å². The third kappa shape index (κ3) is 4.44. The van der Waals surface area contributed by atoms with Crippen LogP contribution in [0.4, 0.5) is 4.39 Å². The van der Waals surface area contributed by atoms with Gasteiger partial charge in [0.15, 0.2) is 11.5 Å². The van der Waals surface area contributed by atoms with Gasteiger partial charge in [0.25, 0.3) is 5.91 Å². The standard InChI is InChI=1S/C23H19FN2O4S/c1-28-20-5-3-4-17(21(20)29-2)23-26-18(13-31-23)22(27)25-12-16-10-11-19(30-16)14-6-8-15(24)9-7-14/h3-11,13H,12H2,1-2H3,(H,25,27). The van der Waals surface area contributed by atoms with E-state index in [1.165, 1.54) is 23.5 Å². The molecule has 31 heavy (non-hydrogen) atoms. The summed E-state index contributed by atoms with van der Waals surface area (Å²) >= 11 is 1.34. The zero-order chi connectivity index (χ0) is 21.8. The van der Waals surface area contributed by atoms with Crippen molar-refractivity contribution in [1.82, 2.24) is 10.3 Å². The number of hydrogen-bond donors (Lipinski definition) is 1. The molecule has 1 amide bonds. The van der Waals surface area contributed by atoms with Gasteiger partial charge in [-0.05, 0) is 48.5 Å². The molecule has 0 aliphatic heterocycles. The van der Waals surface area contributed by atoms with Crippen LogP contribution in [0.5, 0.6) is 11.5 Å². The van der Waals surface area contributed by atoms with Gasteiger partial charge in [-0.1, -0.05) is 6.07 Å². The van der Waals surface area contributed by atoms with Crippen molar-refractivity contribution in [2.24, 2.45) is 0 Å². The smallest absolute Gasteiger partial charge is 0.271 e. The van der Waals surface area contributed by atoms with Crippen molar-refractivity contribution < 1.29 is 23.1 Å². The molecule has 0 radical (unpaired) electrons. The van der Waals surface area contributed by atoms with Crippen molar-refractivity contribution >= 4 is 17.2 Å². The number of hydrogen-bond acceptors (Lipinski definition) is 6. The number of ether oxygens (including phenoxy) is 2. The summed E-state index contributed by atoms with van der Waals surface area (Å²) in [7, 11) is 3.13. The highest BCUT2D eigenvalue weighted by molar-refractivity contribution is 7.13. The van der Waals surface area contributed by atoms with Gasteiger partial charge in [-0.25, -0.2) is 9.37 Å². The Kier molecular flexibility index (Phi) is 5.99. The quantitative estimate of drug-likeness (QED) is 0.432. The Labute approximate surface area is 182 Å². The normalized spacial score (nSPS) is 10.7. The lowest BCUT2D eigenvalue weighted by Crippen LogP contribution is -2.22. The molecule has 158 valence electrons. The lowest BCUT2D eigenvalue weighted by molar-refractivity contribution is 0.0944. The van der Waals surface area contributed by atoms with Gasteiger partial charge in [0.05, 0.1) is 26.3 Å². The van der Waals surface area contributed by atoms with E-state index in [0.29, 0.717) is 33.7 Å². The molecule has 2 aromatic heterocycles. The fourth-order valence-corrected chi connectivity index (χ4v) is 3.88. The van der Waals surface area contributed by atoms with Crippen LogP contribution in [0.1, 0.15) is 16.2 Å². The molecular weight excluding hydrogens is 419 g/mol. The summed E-state index contributed by atoms with van der Waals surface area (Å²) < 4.78 is 29.6. The monoisotopic (exact) mass is 438 g/mol. The zero-order valence-corrected chi connectivity index (χ0v) is 17.7. The predicted molar refractivity (Wildman–Crippen MR) is 116 cm³/mol. The molecule has 0 fully saturated rings. The number of rotatable bonds is 7. The molecule has 2 aromatic carbocycles. The maximum atomic E-state index is 13.1. The van der Waals surface area contributed by atoms with E-state index >= 15 is 0 Å². The number of benzene rings is 2. The number of para-hydroxylation sites is 1. The third-order valence-electron chi connectivity index (χ3n) is 4.58. The third-order valence-corrected chi connectivity index (χ3v) is 5.46. The average molecular weight is 438 g/mol. The Hall–Kier alpha value is -3.65. The van der Waals surface area contributed by atoms with Crippen molar-refractivity contribution in [2.75, 3.05) is 14.2 Å². The lowest BCUT2D eigenvalue weighted by atomic mass is 10.2. The summed E-state index contributed by atoms with van der Waals surface area (Å²) in [5.74, 6) is 1.72. The summed E-state index contributed by atoms with van der Waals surface area (Å²) in [6.45, 7) is 0.204. The molecule has 0 saturated heterocycles. The first kappa shape index (κ1) is 20.6. The van der Waals surface area contributed by atoms with Gasteiger partial charge in [0.1, 0.15) is 28.0 Å². The Bertz CT molecular complexity index is 1200. The van der Waals surface area contributed by atoms with Crippen LogP contribution in [0, 0.1) is 5.82 Å². The number of amides is 1. The van der Waals surface area contributed by atoms with Gasteiger partial charge < -0.3 is 19.2 Å². The van der Waals surface area contributed by atoms with Crippen molar-refractivity contribution in [1.29, 1.82) is 0 Å². The van der Waals surface area contributed by atoms with E-state index < -0.39 is 0 Å². The highest BCUT2D eigenvalue weighted by Crippen LogP contribution is 2.39. The number of thiazole rings is 1. The first-order valence-electron chi connectivity index (χ1n) is 9.38. The molecule has 6 nitrogen and oxygen atoms in total. The molecule has 0 bridgehead atoms. The SMILES string of the molecule is COc1cccc(-c2nc(C(=O)NCc3ccc(-c4ccc(F)cc4)o3)cs2)c1OC. The number of nitrogens with one attached hydrogen (secondary N) is 1. The Morgan fingerprint density at radius 1 is 1.10 bits per heavy atom. The predicted octanol–water partition coefficient (Wildman–Crippen LogP) is 5.16. The molecule has 0 aliphatic rings. The number of carbonyl (C=O) groups is 1. The number of halogens is 1. The Balaban J connectivity index is 1.44. The average Bonchev–Trinajstić information content (AvgIpc) is 3.47. The second kappa shape index (κ2) is 9.01. The van der Waals surface area contributed by atoms with Gasteiger partial charge in [0.2, 0.25) is 0 Å². The van der Waals surface area contributed by atoms with E-state index in [2.05, 4.69) is 10.3 Å². The van der Waals surface area contributed by atoms with Crippen LogP contribution in [0.25, 0.3) is 21.9 Å². The maximum absolute atomic E-state index is 13.1. The second-order valence-electron chi connectivity index (χ2n) is 6.53. The van der Waals surface area contributed by atoms with Crippen molar-refractivity contribution in [3.05, 3.63) is 77.2 Å². The van der Waals surface area contributed by atoms with Crippen LogP contribution in [0.2, 0.25) is 0 Å². The number of methoxy groups -OCH3 is 2. The molecule has 4 aromatic rings. The fourth-order valence-electron chi connectivity index (χ4n) is 3.06. The summed E-state index contributed by atoms with van der Waals surface area (Å²) in [5, 5.41) is 5.14. The number of carbonyl (C=O) groups excluding carboxylic acids is 1. The maximum Gasteiger partial charge on any atom is 0.271 e. The number of aromatic nitrogens is 1. The highest BCUT2D eigenvalue weighted by atomic mass is 32.1. The van der Waals surface area contributed by atoms with E-state index in [0.717, 1.165) is 11.1 Å². The van der Waals surface area contributed by atoms with E-state index in [1.807, 2.05) is 12.1 Å². The zero-order valence-electron chi connectivity index (χ0n) is 16.8. The van der Waals surface area contributed by atoms with Crippen molar-refractivity contribution in [2.45, 2.75) is 6.54 Å². The van der Waals surface area contributed by atoms with E-state index in [9.17, 15) is 9.18 Å². The minimum atomic E-state index is -0.316. The minimum Gasteiger partial charge on any atom is -0.493 e. The lowest BCUT2D eigenvalue weighted by Gasteiger charge is -2.10. The fraction of sp³-hybridized carbons (Fsp3) is 0.130. The molecule has 1 N–H and O–H groups in total. The first-order chi connectivity index (χ1) is 15.1. The number of furan rings is 1. The van der Waals surface area contributed by atoms with Crippen molar-refractivity contribution in [3.63, 3.8) is 0 Å². The molecule has 0 unspecified atom stereocenters. The van der Waals surface area contributed by atoms with E-state index in [4.69, 9.17) is 13.9 Å². The van der Waals surface area contributed by atoms with Crippen LogP contribution < -0.4 is 14.8 Å². The van der Waals surface area contributed by atoms with Crippen LogP contribution >= 0.6 is 11.3 Å². The second-order valence-corrected chi connectivity index (χ2v) is 7.39. The molecule has 8 heteroatoms. The van der Waals surface area contributed by atoms with Crippen LogP contribution in [-0.4, -0.2) is 25.1 Å². The number of nitrogens with zero attached hydrogens (tertiary/aromatic N) is 1. The molecule has 4 rings (SSSR count). The first-order valence-corrected chi connectivity index (χ1v) is 10.3. The highest BCUT2D eigenvalue weighted by Gasteiger charge is 2.17. The van der Waals surface area contributed by atoms with Gasteiger partial charge in [-0.2, -0.15) is 0 Å². The molecule has 2 heterocycles. The summed E-state index contributed by atoms with van der Waals surface area (Å²) in [6.07, 6.45) is 0. The largest absolute Gasteiger partial charge is 0.493 e. The van der Waals surface area contributed by atoms with Gasteiger partial charge >= 0.3 is 0 Å². The van der Waals surface area contributed by atoms with Crippen molar-refractivity contribution in [3.8, 4) is 33.4 Å². The Morgan fingerprint density at radius 2 is 1.90 bits per heavy atom. The molecular formula is C23H19FN2O4S. The minimum absolute atomic E-state index is 0.204. The van der Waals surface area contributed by atoms with E-state index in [1.54, 1.807) is 49.9 Å².